The highest BCUT2D eigenvalue weighted by atomic mass is 16.6. The van der Waals surface area contributed by atoms with Crippen LogP contribution in [-0.2, 0) is 0 Å². The van der Waals surface area contributed by atoms with Crippen LogP contribution in [0.3, 0.4) is 0 Å². The number of ether oxygens (including phenoxy) is 1. The molecule has 114 valence electrons. The van der Waals surface area contributed by atoms with E-state index in [4.69, 9.17) is 4.74 Å². The highest BCUT2D eigenvalue weighted by molar-refractivity contribution is 5.31. The van der Waals surface area contributed by atoms with Crippen LogP contribution in [0.1, 0.15) is 17.2 Å². The van der Waals surface area contributed by atoms with Crippen molar-refractivity contribution in [2.45, 2.75) is 6.10 Å². The Morgan fingerprint density at radius 2 is 1.39 bits per heavy atom. The molecule has 0 fully saturated rings. The Bertz CT molecular complexity index is 738. The molecule has 3 rings (SSSR count). The van der Waals surface area contributed by atoms with Gasteiger partial charge in [-0.15, -0.1) is 0 Å². The minimum atomic E-state index is -0.595. The van der Waals surface area contributed by atoms with E-state index >= 15 is 0 Å². The molecule has 0 N–H and O–H groups in total. The van der Waals surface area contributed by atoms with Crippen molar-refractivity contribution >= 4 is 5.82 Å². The summed E-state index contributed by atoms with van der Waals surface area (Å²) in [7, 11) is 0. The Morgan fingerprint density at radius 3 is 1.83 bits per heavy atom. The van der Waals surface area contributed by atoms with Crippen molar-refractivity contribution in [2.24, 2.45) is 0 Å². The summed E-state index contributed by atoms with van der Waals surface area (Å²) in [6, 6.07) is 22.1. The Labute approximate surface area is 132 Å². The molecule has 0 aliphatic carbocycles. The summed E-state index contributed by atoms with van der Waals surface area (Å²) in [5.41, 5.74) is 1.91. The van der Waals surface area contributed by atoms with Crippen molar-refractivity contribution in [3.63, 3.8) is 0 Å². The number of hydrogen-bond acceptors (Lipinski definition) is 5. The molecule has 0 atom stereocenters. The summed E-state index contributed by atoms with van der Waals surface area (Å²) in [6.45, 7) is 0. The maximum atomic E-state index is 10.6. The standard InChI is InChI=1S/C17H13N3O3/c21-20(22)15-11-12-16(19-18-15)23-17(13-7-3-1-4-8-13)14-9-5-2-6-10-14/h1-12,17H. The van der Waals surface area contributed by atoms with Crippen molar-refractivity contribution in [3.8, 4) is 5.88 Å². The summed E-state index contributed by atoms with van der Waals surface area (Å²) in [5.74, 6) is -0.0818. The predicted octanol–water partition coefficient (Wildman–Crippen LogP) is 3.55. The molecule has 0 radical (unpaired) electrons. The first-order valence-electron chi connectivity index (χ1n) is 6.99. The fourth-order valence-electron chi connectivity index (χ4n) is 2.18. The predicted molar refractivity (Wildman–Crippen MR) is 84.0 cm³/mol. The fraction of sp³-hybridized carbons (Fsp3) is 0.0588. The molecule has 0 spiro atoms. The molecule has 0 bridgehead atoms. The van der Waals surface area contributed by atoms with Crippen molar-refractivity contribution in [1.82, 2.24) is 10.2 Å². The van der Waals surface area contributed by atoms with Crippen molar-refractivity contribution < 1.29 is 9.66 Å². The van der Waals surface area contributed by atoms with Gasteiger partial charge in [0.2, 0.25) is 0 Å². The molecule has 1 aromatic heterocycles. The smallest absolute Gasteiger partial charge is 0.390 e. The molecule has 23 heavy (non-hydrogen) atoms. The normalized spacial score (nSPS) is 10.5. The average molecular weight is 307 g/mol. The lowest BCUT2D eigenvalue weighted by Crippen LogP contribution is -2.10. The molecule has 0 saturated heterocycles. The number of aromatic nitrogens is 2. The maximum absolute atomic E-state index is 10.6. The van der Waals surface area contributed by atoms with Crippen molar-refractivity contribution in [2.75, 3.05) is 0 Å². The van der Waals surface area contributed by atoms with Crippen LogP contribution < -0.4 is 4.74 Å². The minimum absolute atomic E-state index is 0.230. The molecule has 1 heterocycles. The Hall–Kier alpha value is -3.28. The lowest BCUT2D eigenvalue weighted by atomic mass is 10.0. The van der Waals surface area contributed by atoms with Crippen LogP contribution in [0.15, 0.2) is 72.8 Å². The van der Waals surface area contributed by atoms with Gasteiger partial charge in [-0.05, 0) is 16.1 Å². The van der Waals surface area contributed by atoms with E-state index in [0.29, 0.717) is 0 Å². The van der Waals surface area contributed by atoms with E-state index in [2.05, 4.69) is 10.2 Å². The molecule has 0 amide bonds. The second-order valence-electron chi connectivity index (χ2n) is 4.81. The SMILES string of the molecule is O=[N+]([O-])c1ccc(OC(c2ccccc2)c2ccccc2)nn1. The molecule has 3 aromatic rings. The highest BCUT2D eigenvalue weighted by Gasteiger charge is 2.18. The van der Waals surface area contributed by atoms with Crippen LogP contribution in [0, 0.1) is 10.1 Å². The zero-order valence-corrected chi connectivity index (χ0v) is 12.1. The zero-order valence-electron chi connectivity index (χ0n) is 12.1. The van der Waals surface area contributed by atoms with E-state index < -0.39 is 4.92 Å². The lowest BCUT2D eigenvalue weighted by Gasteiger charge is -2.18. The first-order chi connectivity index (χ1) is 11.2. The topological polar surface area (TPSA) is 78.2 Å². The molecular formula is C17H13N3O3. The third-order valence-electron chi connectivity index (χ3n) is 3.26. The first kappa shape index (κ1) is 14.6. The number of benzene rings is 2. The zero-order chi connectivity index (χ0) is 16.1. The number of nitro groups is 1. The maximum Gasteiger partial charge on any atom is 0.390 e. The van der Waals surface area contributed by atoms with Gasteiger partial charge >= 0.3 is 5.82 Å². The van der Waals surface area contributed by atoms with Gasteiger partial charge in [0.1, 0.15) is 0 Å². The number of rotatable bonds is 5. The first-order valence-corrected chi connectivity index (χ1v) is 6.99. The van der Waals surface area contributed by atoms with Crippen LogP contribution in [-0.4, -0.2) is 15.1 Å². The molecule has 0 aliphatic heterocycles. The molecule has 6 heteroatoms. The van der Waals surface area contributed by atoms with Gasteiger partial charge in [0, 0.05) is 17.2 Å². The van der Waals surface area contributed by atoms with E-state index in [-0.39, 0.29) is 17.8 Å². The van der Waals surface area contributed by atoms with Gasteiger partial charge in [0.25, 0.3) is 5.88 Å². The number of hydrogen-bond donors (Lipinski definition) is 0. The average Bonchev–Trinajstić information content (AvgIpc) is 2.61. The van der Waals surface area contributed by atoms with Crippen LogP contribution in [0.25, 0.3) is 0 Å². The molecule has 0 saturated carbocycles. The molecule has 6 nitrogen and oxygen atoms in total. The largest absolute Gasteiger partial charge is 0.462 e. The summed E-state index contributed by atoms with van der Waals surface area (Å²) < 4.78 is 5.93. The minimum Gasteiger partial charge on any atom is -0.462 e. The van der Waals surface area contributed by atoms with Crippen molar-refractivity contribution in [1.29, 1.82) is 0 Å². The highest BCUT2D eigenvalue weighted by Crippen LogP contribution is 2.27. The van der Waals surface area contributed by atoms with Gasteiger partial charge < -0.3 is 14.9 Å². The van der Waals surface area contributed by atoms with Crippen molar-refractivity contribution in [3.05, 3.63) is 94.0 Å². The van der Waals surface area contributed by atoms with E-state index in [1.54, 1.807) is 0 Å². The monoisotopic (exact) mass is 307 g/mol. The summed E-state index contributed by atoms with van der Waals surface area (Å²) in [4.78, 5) is 10.0. The van der Waals surface area contributed by atoms with Gasteiger partial charge in [-0.3, -0.25) is 0 Å². The summed E-state index contributed by atoms with van der Waals surface area (Å²) in [6.07, 6.45) is -0.367. The Kier molecular flexibility index (Phi) is 4.24. The summed E-state index contributed by atoms with van der Waals surface area (Å²) >= 11 is 0. The van der Waals surface area contributed by atoms with E-state index in [9.17, 15) is 10.1 Å². The quantitative estimate of drug-likeness (QED) is 0.532. The van der Waals surface area contributed by atoms with E-state index in [1.807, 2.05) is 60.7 Å². The third-order valence-corrected chi connectivity index (χ3v) is 3.26. The number of nitrogens with zero attached hydrogens (tertiary/aromatic N) is 3. The molecule has 0 aliphatic rings. The van der Waals surface area contributed by atoms with E-state index in [1.165, 1.54) is 12.1 Å². The fourth-order valence-corrected chi connectivity index (χ4v) is 2.18. The second kappa shape index (κ2) is 6.65. The van der Waals surface area contributed by atoms with Gasteiger partial charge in [-0.2, -0.15) is 0 Å². The Morgan fingerprint density at radius 1 is 0.826 bits per heavy atom. The third kappa shape index (κ3) is 3.49. The Balaban J connectivity index is 1.92. The van der Waals surface area contributed by atoms with Gasteiger partial charge in [-0.25, -0.2) is 0 Å². The molecule has 0 unspecified atom stereocenters. The van der Waals surface area contributed by atoms with Gasteiger partial charge in [-0.1, -0.05) is 60.7 Å². The van der Waals surface area contributed by atoms with Crippen LogP contribution in [0.2, 0.25) is 0 Å². The second-order valence-corrected chi connectivity index (χ2v) is 4.81. The molecular weight excluding hydrogens is 294 g/mol. The van der Waals surface area contributed by atoms with Gasteiger partial charge in [0.05, 0.1) is 5.10 Å². The van der Waals surface area contributed by atoms with E-state index in [0.717, 1.165) is 11.1 Å². The molecule has 2 aromatic carbocycles. The van der Waals surface area contributed by atoms with Gasteiger partial charge in [0.15, 0.2) is 6.10 Å². The van der Waals surface area contributed by atoms with Crippen LogP contribution in [0.4, 0.5) is 5.82 Å². The van der Waals surface area contributed by atoms with Crippen LogP contribution in [0.5, 0.6) is 5.88 Å². The lowest BCUT2D eigenvalue weighted by molar-refractivity contribution is -0.390. The summed E-state index contributed by atoms with van der Waals surface area (Å²) in [5, 5.41) is 18.0. The van der Waals surface area contributed by atoms with Crippen LogP contribution >= 0.6 is 0 Å².